The summed E-state index contributed by atoms with van der Waals surface area (Å²) in [7, 11) is -1.67. The fourth-order valence-corrected chi connectivity index (χ4v) is 4.47. The van der Waals surface area contributed by atoms with Crippen LogP contribution in [0.1, 0.15) is 30.4 Å². The average Bonchev–Trinajstić information content (AvgIpc) is 3.38. The Hall–Kier alpha value is -2.58. The second-order valence-electron chi connectivity index (χ2n) is 7.48. The zero-order chi connectivity index (χ0) is 20.4. The van der Waals surface area contributed by atoms with Crippen LogP contribution >= 0.6 is 0 Å². The summed E-state index contributed by atoms with van der Waals surface area (Å²) in [5.41, 5.74) is 1.91. The lowest BCUT2D eigenvalue weighted by Gasteiger charge is -2.17. The molecule has 2 aliphatic rings. The molecule has 1 aliphatic heterocycles. The quantitative estimate of drug-likeness (QED) is 0.715. The van der Waals surface area contributed by atoms with E-state index < -0.39 is 10.0 Å². The first-order valence-corrected chi connectivity index (χ1v) is 11.1. The fourth-order valence-electron chi connectivity index (χ4n) is 3.17. The van der Waals surface area contributed by atoms with Crippen molar-refractivity contribution in [2.75, 3.05) is 13.8 Å². The lowest BCUT2D eigenvalue weighted by Crippen LogP contribution is -2.26. The monoisotopic (exact) mass is 416 g/mol. The number of aryl methyl sites for hydroxylation is 1. The molecule has 8 heteroatoms. The number of carbonyl (C=O) groups excluding carboxylic acids is 1. The van der Waals surface area contributed by atoms with Crippen LogP contribution in [0.4, 0.5) is 0 Å². The highest BCUT2D eigenvalue weighted by molar-refractivity contribution is 7.89. The van der Waals surface area contributed by atoms with Gasteiger partial charge in [0.2, 0.25) is 22.7 Å². The molecule has 1 aliphatic carbocycles. The second-order valence-corrected chi connectivity index (χ2v) is 9.19. The van der Waals surface area contributed by atoms with Gasteiger partial charge < -0.3 is 14.4 Å². The Morgan fingerprint density at radius 1 is 1.07 bits per heavy atom. The van der Waals surface area contributed by atoms with Crippen LogP contribution in [0.15, 0.2) is 47.4 Å². The number of amides is 1. The topological polar surface area (TPSA) is 84.9 Å². The van der Waals surface area contributed by atoms with E-state index in [0.717, 1.165) is 29.7 Å². The lowest BCUT2D eigenvalue weighted by atomic mass is 10.1. The molecule has 1 saturated carbocycles. The zero-order valence-corrected chi connectivity index (χ0v) is 17.1. The van der Waals surface area contributed by atoms with Crippen molar-refractivity contribution in [2.24, 2.45) is 0 Å². The first-order chi connectivity index (χ1) is 13.9. The molecular weight excluding hydrogens is 392 g/mol. The van der Waals surface area contributed by atoms with E-state index >= 15 is 0 Å². The van der Waals surface area contributed by atoms with Gasteiger partial charge in [-0.1, -0.05) is 18.2 Å². The van der Waals surface area contributed by atoms with Crippen LogP contribution in [0.5, 0.6) is 11.5 Å². The minimum atomic E-state index is -3.44. The van der Waals surface area contributed by atoms with Gasteiger partial charge in [-0.05, 0) is 54.7 Å². The maximum atomic E-state index is 12.5. The molecule has 1 heterocycles. The van der Waals surface area contributed by atoms with Crippen molar-refractivity contribution in [3.63, 3.8) is 0 Å². The molecule has 0 atom stereocenters. The van der Waals surface area contributed by atoms with E-state index in [1.807, 2.05) is 18.2 Å². The normalized spacial score (nSPS) is 15.3. The maximum Gasteiger partial charge on any atom is 0.240 e. The van der Waals surface area contributed by atoms with Gasteiger partial charge in [0.15, 0.2) is 11.5 Å². The number of nitrogens with one attached hydrogen (secondary N) is 1. The summed E-state index contributed by atoms with van der Waals surface area (Å²) in [6, 6.07) is 12.5. The fraction of sp³-hybridized carbons (Fsp3) is 0.381. The van der Waals surface area contributed by atoms with Gasteiger partial charge in [-0.2, -0.15) is 0 Å². The van der Waals surface area contributed by atoms with Crippen molar-refractivity contribution in [1.82, 2.24) is 9.62 Å². The molecule has 7 nitrogen and oxygen atoms in total. The number of carbonyl (C=O) groups is 1. The zero-order valence-electron chi connectivity index (χ0n) is 16.3. The van der Waals surface area contributed by atoms with Crippen LogP contribution in [0.25, 0.3) is 0 Å². The molecule has 1 N–H and O–H groups in total. The SMILES string of the molecule is CN(Cc1ccc2c(c1)OCO2)C(=O)CCc1ccc(S(=O)(=O)NC2CC2)cc1. The molecule has 0 radical (unpaired) electrons. The van der Waals surface area contributed by atoms with Gasteiger partial charge in [0.25, 0.3) is 0 Å². The number of hydrogen-bond acceptors (Lipinski definition) is 5. The molecule has 0 spiro atoms. The van der Waals surface area contributed by atoms with Crippen LogP contribution in [0.3, 0.4) is 0 Å². The van der Waals surface area contributed by atoms with E-state index in [1.54, 1.807) is 36.2 Å². The summed E-state index contributed by atoms with van der Waals surface area (Å²) < 4.78 is 37.7. The van der Waals surface area contributed by atoms with Gasteiger partial charge >= 0.3 is 0 Å². The minimum absolute atomic E-state index is 0.0229. The van der Waals surface area contributed by atoms with E-state index in [1.165, 1.54) is 0 Å². The first-order valence-electron chi connectivity index (χ1n) is 9.64. The van der Waals surface area contributed by atoms with E-state index in [2.05, 4.69) is 4.72 Å². The third kappa shape index (κ3) is 4.89. The number of benzene rings is 2. The van der Waals surface area contributed by atoms with Crippen molar-refractivity contribution in [3.8, 4) is 11.5 Å². The van der Waals surface area contributed by atoms with Crippen LogP contribution in [0.2, 0.25) is 0 Å². The first kappa shape index (κ1) is 19.7. The number of ether oxygens (including phenoxy) is 2. The molecule has 154 valence electrons. The molecule has 2 aromatic rings. The summed E-state index contributed by atoms with van der Waals surface area (Å²) in [5.74, 6) is 1.45. The van der Waals surface area contributed by atoms with Gasteiger partial charge in [0.1, 0.15) is 0 Å². The van der Waals surface area contributed by atoms with Gasteiger partial charge in [-0.25, -0.2) is 13.1 Å². The summed E-state index contributed by atoms with van der Waals surface area (Å²) in [6.45, 7) is 0.712. The van der Waals surface area contributed by atoms with Crippen molar-refractivity contribution >= 4 is 15.9 Å². The second kappa shape index (κ2) is 8.04. The number of sulfonamides is 1. The largest absolute Gasteiger partial charge is 0.454 e. The summed E-state index contributed by atoms with van der Waals surface area (Å²) in [6.07, 6.45) is 2.71. The van der Waals surface area contributed by atoms with Gasteiger partial charge in [-0.15, -0.1) is 0 Å². The third-order valence-corrected chi connectivity index (χ3v) is 6.58. The van der Waals surface area contributed by atoms with E-state index in [-0.39, 0.29) is 23.6 Å². The lowest BCUT2D eigenvalue weighted by molar-refractivity contribution is -0.130. The highest BCUT2D eigenvalue weighted by atomic mass is 32.2. The average molecular weight is 416 g/mol. The number of nitrogens with zero attached hydrogens (tertiary/aromatic N) is 1. The van der Waals surface area contributed by atoms with Crippen LogP contribution in [0, 0.1) is 0 Å². The predicted octanol–water partition coefficient (Wildman–Crippen LogP) is 2.45. The van der Waals surface area contributed by atoms with Crippen molar-refractivity contribution in [2.45, 2.75) is 43.2 Å². The van der Waals surface area contributed by atoms with Crippen molar-refractivity contribution in [3.05, 3.63) is 53.6 Å². The Morgan fingerprint density at radius 3 is 2.48 bits per heavy atom. The highest BCUT2D eigenvalue weighted by Crippen LogP contribution is 2.32. The summed E-state index contributed by atoms with van der Waals surface area (Å²) in [4.78, 5) is 14.4. The molecule has 1 amide bonds. The van der Waals surface area contributed by atoms with Crippen LogP contribution in [-0.4, -0.2) is 39.1 Å². The molecule has 0 saturated heterocycles. The number of hydrogen-bond donors (Lipinski definition) is 1. The van der Waals surface area contributed by atoms with Crippen molar-refractivity contribution < 1.29 is 22.7 Å². The minimum Gasteiger partial charge on any atom is -0.454 e. The Kier molecular flexibility index (Phi) is 5.47. The van der Waals surface area contributed by atoms with E-state index in [4.69, 9.17) is 9.47 Å². The Labute approximate surface area is 170 Å². The molecule has 2 aromatic carbocycles. The summed E-state index contributed by atoms with van der Waals surface area (Å²) >= 11 is 0. The van der Waals surface area contributed by atoms with Gasteiger partial charge in [0.05, 0.1) is 4.90 Å². The smallest absolute Gasteiger partial charge is 0.240 e. The molecular formula is C21H24N2O5S. The number of rotatable bonds is 8. The standard InChI is InChI=1S/C21H24N2O5S/c1-23(13-16-4-10-19-20(12-16)28-14-27-19)21(24)11-5-15-2-8-18(9-3-15)29(25,26)22-17-6-7-17/h2-4,8-10,12,17,22H,5-7,11,13-14H2,1H3. The molecule has 0 aromatic heterocycles. The van der Waals surface area contributed by atoms with E-state index in [9.17, 15) is 13.2 Å². The van der Waals surface area contributed by atoms with Gasteiger partial charge in [0, 0.05) is 26.1 Å². The Bertz CT molecular complexity index is 1000. The van der Waals surface area contributed by atoms with Gasteiger partial charge in [-0.3, -0.25) is 4.79 Å². The Balaban J connectivity index is 1.29. The Morgan fingerprint density at radius 2 is 1.76 bits per heavy atom. The maximum absolute atomic E-state index is 12.5. The molecule has 0 unspecified atom stereocenters. The van der Waals surface area contributed by atoms with Crippen molar-refractivity contribution in [1.29, 1.82) is 0 Å². The third-order valence-electron chi connectivity index (χ3n) is 5.04. The molecule has 0 bridgehead atoms. The predicted molar refractivity (Wildman–Crippen MR) is 107 cm³/mol. The number of fused-ring (bicyclic) bond motifs is 1. The molecule has 1 fully saturated rings. The van der Waals surface area contributed by atoms with E-state index in [0.29, 0.717) is 25.1 Å². The van der Waals surface area contributed by atoms with Crippen LogP contribution < -0.4 is 14.2 Å². The summed E-state index contributed by atoms with van der Waals surface area (Å²) in [5, 5.41) is 0. The molecule has 29 heavy (non-hydrogen) atoms. The highest BCUT2D eigenvalue weighted by Gasteiger charge is 2.27. The molecule has 4 rings (SSSR count). The van der Waals surface area contributed by atoms with Crippen LogP contribution in [-0.2, 0) is 27.8 Å².